The molecule has 0 aromatic heterocycles. The van der Waals surface area contributed by atoms with Gasteiger partial charge in [0, 0.05) is 5.56 Å². The van der Waals surface area contributed by atoms with Crippen molar-refractivity contribution in [2.24, 2.45) is 0 Å². The number of benzene rings is 2. The Morgan fingerprint density at radius 2 is 1.08 bits per heavy atom. The average Bonchev–Trinajstić information content (AvgIpc) is 2.65. The van der Waals surface area contributed by atoms with Crippen LogP contribution >= 0.6 is 0 Å². The van der Waals surface area contributed by atoms with Crippen molar-refractivity contribution in [1.29, 1.82) is 0 Å². The highest BCUT2D eigenvalue weighted by Crippen LogP contribution is 2.05. The first-order valence-electron chi connectivity index (χ1n) is 7.84. The van der Waals surface area contributed by atoms with Gasteiger partial charge in [-0.25, -0.2) is 4.79 Å². The minimum Gasteiger partial charge on any atom is -0.465 e. The van der Waals surface area contributed by atoms with Crippen LogP contribution in [0.1, 0.15) is 41.5 Å². The molecule has 0 aliphatic heterocycles. The van der Waals surface area contributed by atoms with Crippen molar-refractivity contribution in [3.8, 4) is 0 Å². The van der Waals surface area contributed by atoms with Crippen LogP contribution in [0.15, 0.2) is 60.7 Å². The number of hydrogen-bond acceptors (Lipinski definition) is 4. The van der Waals surface area contributed by atoms with E-state index in [0.717, 1.165) is 0 Å². The summed E-state index contributed by atoms with van der Waals surface area (Å²) in [6, 6.07) is 18.4. The van der Waals surface area contributed by atoms with Gasteiger partial charge in [-0.15, -0.1) is 0 Å². The molecular weight excluding hydrogens is 302 g/mol. The molecule has 0 unspecified atom stereocenters. The molecule has 24 heavy (non-hydrogen) atoms. The normalized spacial score (nSPS) is 8.08. The summed E-state index contributed by atoms with van der Waals surface area (Å²) in [5, 5.41) is 2.75. The zero-order valence-electron chi connectivity index (χ0n) is 15.5. The number of Topliss-reactive ketones (excluding diaryl/α,β-unsaturated/α-hetero) is 1. The van der Waals surface area contributed by atoms with E-state index < -0.39 is 5.97 Å². The number of ether oxygens (including phenoxy) is 1. The van der Waals surface area contributed by atoms with Crippen LogP contribution in [0.5, 0.6) is 0 Å². The summed E-state index contributed by atoms with van der Waals surface area (Å²) in [7, 11) is 5.07. The van der Waals surface area contributed by atoms with E-state index in [9.17, 15) is 9.59 Å². The zero-order chi connectivity index (χ0) is 18.8. The molecular formula is C20H29NO3. The fraction of sp³-hybridized carbons (Fsp3) is 0.300. The molecule has 132 valence electrons. The van der Waals surface area contributed by atoms with E-state index in [1.165, 1.54) is 14.0 Å². The Balaban J connectivity index is 0. The number of rotatable bonds is 2. The number of methoxy groups -OCH3 is 1. The Hall–Kier alpha value is -2.46. The smallest absolute Gasteiger partial charge is 0.337 e. The maximum Gasteiger partial charge on any atom is 0.337 e. The van der Waals surface area contributed by atoms with Crippen LogP contribution in [-0.2, 0) is 4.74 Å². The molecule has 4 heteroatoms. The van der Waals surface area contributed by atoms with Gasteiger partial charge in [-0.1, -0.05) is 62.4 Å². The molecule has 0 amide bonds. The standard InChI is InChI=1S/C10H10O3.C6H6.C2H7N.C2H6/c1-7(11)8-3-5-9(6-4-8)10(12)13-2;1-2-4-6-5-3-1;1-3-2;1-2/h3-6H,1-2H3;1-6H;3H,1-2H3;1-2H3. The van der Waals surface area contributed by atoms with Gasteiger partial charge in [0.2, 0.25) is 0 Å². The third-order valence-electron chi connectivity index (χ3n) is 2.38. The number of ketones is 1. The van der Waals surface area contributed by atoms with Crippen molar-refractivity contribution in [1.82, 2.24) is 5.32 Å². The van der Waals surface area contributed by atoms with Gasteiger partial charge < -0.3 is 10.1 Å². The summed E-state index contributed by atoms with van der Waals surface area (Å²) in [5.74, 6) is -0.411. The van der Waals surface area contributed by atoms with Crippen molar-refractivity contribution in [2.45, 2.75) is 20.8 Å². The van der Waals surface area contributed by atoms with Crippen molar-refractivity contribution < 1.29 is 14.3 Å². The third kappa shape index (κ3) is 12.1. The summed E-state index contributed by atoms with van der Waals surface area (Å²) >= 11 is 0. The Bertz CT molecular complexity index is 510. The molecule has 1 N–H and O–H groups in total. The first-order valence-corrected chi connectivity index (χ1v) is 7.84. The van der Waals surface area contributed by atoms with E-state index in [0.29, 0.717) is 11.1 Å². The molecule has 0 saturated carbocycles. The van der Waals surface area contributed by atoms with Crippen LogP contribution < -0.4 is 5.32 Å². The molecule has 0 fully saturated rings. The van der Waals surface area contributed by atoms with E-state index in [1.807, 2.05) is 64.3 Å². The van der Waals surface area contributed by atoms with Crippen LogP contribution in [0.25, 0.3) is 0 Å². The van der Waals surface area contributed by atoms with Crippen LogP contribution in [0.4, 0.5) is 0 Å². The predicted octanol–water partition coefficient (Wildman–Crippen LogP) is 4.22. The highest BCUT2D eigenvalue weighted by Gasteiger charge is 2.05. The van der Waals surface area contributed by atoms with Gasteiger partial charge in [-0.2, -0.15) is 0 Å². The van der Waals surface area contributed by atoms with Crippen molar-refractivity contribution >= 4 is 11.8 Å². The Kier molecular flexibility index (Phi) is 16.8. The molecule has 4 nitrogen and oxygen atoms in total. The quantitative estimate of drug-likeness (QED) is 0.661. The topological polar surface area (TPSA) is 55.4 Å². The van der Waals surface area contributed by atoms with E-state index in [-0.39, 0.29) is 5.78 Å². The SMILES string of the molecule is CC.CNC.COC(=O)c1ccc(C(C)=O)cc1.c1ccccc1. The minimum atomic E-state index is -0.393. The van der Waals surface area contributed by atoms with Gasteiger partial charge >= 0.3 is 5.97 Å². The van der Waals surface area contributed by atoms with E-state index in [2.05, 4.69) is 10.1 Å². The molecule has 0 radical (unpaired) electrons. The molecule has 0 spiro atoms. The molecule has 0 saturated heterocycles. The van der Waals surface area contributed by atoms with Crippen LogP contribution in [-0.4, -0.2) is 33.0 Å². The first-order chi connectivity index (χ1) is 11.6. The minimum absolute atomic E-state index is 0.0172. The zero-order valence-corrected chi connectivity index (χ0v) is 15.5. The summed E-state index contributed by atoms with van der Waals surface area (Å²) in [4.78, 5) is 21.9. The van der Waals surface area contributed by atoms with Gasteiger partial charge in [0.15, 0.2) is 5.78 Å². The molecule has 0 aliphatic rings. The lowest BCUT2D eigenvalue weighted by atomic mass is 10.1. The Labute approximate surface area is 145 Å². The number of hydrogen-bond donors (Lipinski definition) is 1. The van der Waals surface area contributed by atoms with Gasteiger partial charge in [0.1, 0.15) is 0 Å². The highest BCUT2D eigenvalue weighted by atomic mass is 16.5. The Morgan fingerprint density at radius 1 is 0.792 bits per heavy atom. The summed E-state index contributed by atoms with van der Waals surface area (Å²) in [6.45, 7) is 5.48. The fourth-order valence-electron chi connectivity index (χ4n) is 1.34. The number of nitrogens with one attached hydrogen (secondary N) is 1. The lowest BCUT2D eigenvalue weighted by molar-refractivity contribution is 0.0600. The lowest BCUT2D eigenvalue weighted by Crippen LogP contribution is -2.01. The van der Waals surface area contributed by atoms with Crippen LogP contribution in [0.3, 0.4) is 0 Å². The lowest BCUT2D eigenvalue weighted by Gasteiger charge is -1.99. The number of carbonyl (C=O) groups excluding carboxylic acids is 2. The highest BCUT2D eigenvalue weighted by molar-refractivity contribution is 5.96. The number of esters is 1. The molecule has 2 rings (SSSR count). The summed E-state index contributed by atoms with van der Waals surface area (Å²) in [5.41, 5.74) is 1.04. The second-order valence-electron chi connectivity index (χ2n) is 4.28. The fourth-order valence-corrected chi connectivity index (χ4v) is 1.34. The van der Waals surface area contributed by atoms with Crippen molar-refractivity contribution in [2.75, 3.05) is 21.2 Å². The van der Waals surface area contributed by atoms with Crippen molar-refractivity contribution in [3.63, 3.8) is 0 Å². The van der Waals surface area contributed by atoms with E-state index >= 15 is 0 Å². The second kappa shape index (κ2) is 16.9. The predicted molar refractivity (Wildman–Crippen MR) is 101 cm³/mol. The molecule has 2 aromatic carbocycles. The van der Waals surface area contributed by atoms with Gasteiger partial charge in [-0.05, 0) is 33.2 Å². The summed E-state index contributed by atoms with van der Waals surface area (Å²) in [6.07, 6.45) is 0. The molecule has 2 aromatic rings. The van der Waals surface area contributed by atoms with Gasteiger partial charge in [0.05, 0.1) is 12.7 Å². The summed E-state index contributed by atoms with van der Waals surface area (Å²) < 4.78 is 4.51. The largest absolute Gasteiger partial charge is 0.465 e. The average molecular weight is 331 g/mol. The van der Waals surface area contributed by atoms with Crippen LogP contribution in [0.2, 0.25) is 0 Å². The van der Waals surface area contributed by atoms with Gasteiger partial charge in [0.25, 0.3) is 0 Å². The molecule has 0 atom stereocenters. The Morgan fingerprint density at radius 3 is 1.33 bits per heavy atom. The van der Waals surface area contributed by atoms with E-state index in [4.69, 9.17) is 0 Å². The number of carbonyl (C=O) groups is 2. The van der Waals surface area contributed by atoms with Crippen molar-refractivity contribution in [3.05, 3.63) is 71.8 Å². The maximum absolute atomic E-state index is 11.0. The van der Waals surface area contributed by atoms with E-state index in [1.54, 1.807) is 24.3 Å². The molecule has 0 aliphatic carbocycles. The van der Waals surface area contributed by atoms with Crippen LogP contribution in [0, 0.1) is 0 Å². The van der Waals surface area contributed by atoms with Gasteiger partial charge in [-0.3, -0.25) is 4.79 Å². The molecule has 0 heterocycles. The first kappa shape index (κ1) is 23.8. The third-order valence-corrected chi connectivity index (χ3v) is 2.38. The second-order valence-corrected chi connectivity index (χ2v) is 4.28. The maximum atomic E-state index is 11.0. The monoisotopic (exact) mass is 331 g/mol. The molecule has 0 bridgehead atoms.